The SMILES string of the molecule is COc1ccc(CNC(=O)[C@H](C)OC(=O)CN2C(=O)CSc3ccccc32)cc1. The van der Waals surface area contributed by atoms with E-state index in [9.17, 15) is 14.4 Å². The Morgan fingerprint density at radius 3 is 2.62 bits per heavy atom. The minimum Gasteiger partial charge on any atom is -0.497 e. The van der Waals surface area contributed by atoms with Gasteiger partial charge in [0.2, 0.25) is 5.91 Å². The van der Waals surface area contributed by atoms with Crippen LogP contribution in [0, 0.1) is 0 Å². The van der Waals surface area contributed by atoms with Gasteiger partial charge in [0.15, 0.2) is 6.10 Å². The van der Waals surface area contributed by atoms with Gasteiger partial charge in [-0.25, -0.2) is 0 Å². The van der Waals surface area contributed by atoms with Gasteiger partial charge in [-0.05, 0) is 36.8 Å². The molecule has 0 spiro atoms. The molecule has 8 heteroatoms. The number of carbonyl (C=O) groups excluding carboxylic acids is 3. The molecule has 1 heterocycles. The van der Waals surface area contributed by atoms with E-state index in [1.165, 1.54) is 23.6 Å². The van der Waals surface area contributed by atoms with Crippen LogP contribution >= 0.6 is 11.8 Å². The molecule has 1 aliphatic rings. The Balaban J connectivity index is 1.52. The maximum absolute atomic E-state index is 12.3. The third-order valence-corrected chi connectivity index (χ3v) is 5.45. The van der Waals surface area contributed by atoms with E-state index < -0.39 is 18.0 Å². The number of nitrogens with zero attached hydrogens (tertiary/aromatic N) is 1. The van der Waals surface area contributed by atoms with E-state index in [-0.39, 0.29) is 18.2 Å². The highest BCUT2D eigenvalue weighted by Gasteiger charge is 2.28. The molecule has 0 fully saturated rings. The number of esters is 1. The van der Waals surface area contributed by atoms with Gasteiger partial charge in [-0.2, -0.15) is 0 Å². The Bertz CT molecular complexity index is 900. The van der Waals surface area contributed by atoms with Crippen molar-refractivity contribution >= 4 is 35.2 Å². The third-order valence-electron chi connectivity index (χ3n) is 4.40. The fraction of sp³-hybridized carbons (Fsp3) is 0.286. The number of thioether (sulfide) groups is 1. The second-order valence-electron chi connectivity index (χ2n) is 6.43. The summed E-state index contributed by atoms with van der Waals surface area (Å²) in [6, 6.07) is 14.7. The molecule has 0 saturated heterocycles. The molecule has 3 rings (SSSR count). The lowest BCUT2D eigenvalue weighted by Gasteiger charge is -2.28. The first-order chi connectivity index (χ1) is 14.0. The molecule has 1 N–H and O–H groups in total. The van der Waals surface area contributed by atoms with Crippen LogP contribution in [0.5, 0.6) is 5.75 Å². The quantitative estimate of drug-likeness (QED) is 0.701. The average molecular weight is 414 g/mol. The van der Waals surface area contributed by atoms with Crippen LogP contribution in [-0.4, -0.2) is 43.3 Å². The van der Waals surface area contributed by atoms with Crippen LogP contribution in [0.1, 0.15) is 12.5 Å². The number of hydrogen-bond donors (Lipinski definition) is 1. The lowest BCUT2D eigenvalue weighted by Crippen LogP contribution is -2.42. The van der Waals surface area contributed by atoms with Crippen molar-refractivity contribution in [1.29, 1.82) is 0 Å². The van der Waals surface area contributed by atoms with E-state index in [4.69, 9.17) is 9.47 Å². The molecule has 1 atom stereocenters. The highest BCUT2D eigenvalue weighted by Crippen LogP contribution is 2.34. The van der Waals surface area contributed by atoms with Crippen LogP contribution in [0.25, 0.3) is 0 Å². The average Bonchev–Trinajstić information content (AvgIpc) is 2.74. The Kier molecular flexibility index (Phi) is 6.77. The first-order valence-corrected chi connectivity index (χ1v) is 10.1. The van der Waals surface area contributed by atoms with Crippen molar-refractivity contribution in [1.82, 2.24) is 5.32 Å². The zero-order valence-corrected chi connectivity index (χ0v) is 17.0. The Hall–Kier alpha value is -3.00. The number of ether oxygens (including phenoxy) is 2. The first-order valence-electron chi connectivity index (χ1n) is 9.10. The number of benzene rings is 2. The summed E-state index contributed by atoms with van der Waals surface area (Å²) < 4.78 is 10.3. The van der Waals surface area contributed by atoms with Crippen LogP contribution in [0.3, 0.4) is 0 Å². The lowest BCUT2D eigenvalue weighted by atomic mass is 10.2. The molecule has 0 radical (unpaired) electrons. The Morgan fingerprint density at radius 1 is 1.17 bits per heavy atom. The van der Waals surface area contributed by atoms with Crippen molar-refractivity contribution in [2.24, 2.45) is 0 Å². The topological polar surface area (TPSA) is 84.9 Å². The lowest BCUT2D eigenvalue weighted by molar-refractivity contribution is -0.153. The van der Waals surface area contributed by atoms with Gasteiger partial charge in [0, 0.05) is 11.4 Å². The van der Waals surface area contributed by atoms with Gasteiger partial charge in [-0.3, -0.25) is 19.3 Å². The Labute approximate surface area is 173 Å². The summed E-state index contributed by atoms with van der Waals surface area (Å²) in [5.41, 5.74) is 1.58. The maximum Gasteiger partial charge on any atom is 0.326 e. The largest absolute Gasteiger partial charge is 0.497 e. The van der Waals surface area contributed by atoms with E-state index in [1.54, 1.807) is 25.3 Å². The van der Waals surface area contributed by atoms with Gasteiger partial charge < -0.3 is 14.8 Å². The van der Waals surface area contributed by atoms with Crippen molar-refractivity contribution in [2.75, 3.05) is 24.3 Å². The van der Waals surface area contributed by atoms with E-state index >= 15 is 0 Å². The van der Waals surface area contributed by atoms with Crippen molar-refractivity contribution < 1.29 is 23.9 Å². The number of hydrogen-bond acceptors (Lipinski definition) is 6. The number of anilines is 1. The molecule has 7 nitrogen and oxygen atoms in total. The molecule has 152 valence electrons. The zero-order chi connectivity index (χ0) is 20.8. The van der Waals surface area contributed by atoms with Gasteiger partial charge in [0.05, 0.1) is 18.6 Å². The highest BCUT2D eigenvalue weighted by atomic mass is 32.2. The van der Waals surface area contributed by atoms with Crippen LogP contribution < -0.4 is 15.0 Å². The summed E-state index contributed by atoms with van der Waals surface area (Å²) in [4.78, 5) is 39.1. The fourth-order valence-electron chi connectivity index (χ4n) is 2.82. The number of para-hydroxylation sites is 1. The second kappa shape index (κ2) is 9.47. The fourth-order valence-corrected chi connectivity index (χ4v) is 3.76. The molecule has 1 aliphatic heterocycles. The van der Waals surface area contributed by atoms with Gasteiger partial charge in [0.1, 0.15) is 12.3 Å². The predicted octanol–water partition coefficient (Wildman–Crippen LogP) is 2.38. The Morgan fingerprint density at radius 2 is 1.90 bits per heavy atom. The monoisotopic (exact) mass is 414 g/mol. The molecular formula is C21H22N2O5S. The molecule has 2 amide bonds. The predicted molar refractivity (Wildman–Crippen MR) is 110 cm³/mol. The summed E-state index contributed by atoms with van der Waals surface area (Å²) in [6.45, 7) is 1.58. The van der Waals surface area contributed by atoms with Gasteiger partial charge in [-0.15, -0.1) is 11.8 Å². The minimum absolute atomic E-state index is 0.165. The molecular weight excluding hydrogens is 392 g/mol. The number of rotatable bonds is 7. The van der Waals surface area contributed by atoms with Gasteiger partial charge >= 0.3 is 5.97 Å². The van der Waals surface area contributed by atoms with Crippen LogP contribution in [0.15, 0.2) is 53.4 Å². The number of fused-ring (bicyclic) bond motifs is 1. The van der Waals surface area contributed by atoms with Crippen molar-refractivity contribution in [2.45, 2.75) is 24.5 Å². The van der Waals surface area contributed by atoms with Gasteiger partial charge in [0.25, 0.3) is 5.91 Å². The summed E-state index contributed by atoms with van der Waals surface area (Å²) in [5.74, 6) is -0.207. The number of carbonyl (C=O) groups is 3. The molecule has 0 aliphatic carbocycles. The third kappa shape index (κ3) is 5.29. The summed E-state index contributed by atoms with van der Waals surface area (Å²) in [6.07, 6.45) is -0.967. The standard InChI is InChI=1S/C21H22N2O5S/c1-14(21(26)22-11-15-7-9-16(27-2)10-8-15)28-20(25)12-23-17-5-3-4-6-18(17)29-13-19(23)24/h3-10,14H,11-13H2,1-2H3,(H,22,26)/t14-/m0/s1. The van der Waals surface area contributed by atoms with E-state index in [0.717, 1.165) is 16.2 Å². The van der Waals surface area contributed by atoms with Crippen LogP contribution in [0.4, 0.5) is 5.69 Å². The first kappa shape index (κ1) is 20.7. The molecule has 2 aromatic carbocycles. The molecule has 29 heavy (non-hydrogen) atoms. The van der Waals surface area contributed by atoms with Crippen molar-refractivity contribution in [3.05, 3.63) is 54.1 Å². The number of amides is 2. The zero-order valence-electron chi connectivity index (χ0n) is 16.2. The smallest absolute Gasteiger partial charge is 0.326 e. The molecule has 0 aromatic heterocycles. The molecule has 0 bridgehead atoms. The summed E-state index contributed by atoms with van der Waals surface area (Å²) in [7, 11) is 1.59. The van der Waals surface area contributed by atoms with Crippen LogP contribution in [0.2, 0.25) is 0 Å². The van der Waals surface area contributed by atoms with E-state index in [1.807, 2.05) is 30.3 Å². The number of nitrogens with one attached hydrogen (secondary N) is 1. The highest BCUT2D eigenvalue weighted by molar-refractivity contribution is 8.00. The van der Waals surface area contributed by atoms with Crippen LogP contribution in [-0.2, 0) is 25.7 Å². The van der Waals surface area contributed by atoms with E-state index in [2.05, 4.69) is 5.32 Å². The van der Waals surface area contributed by atoms with Crippen molar-refractivity contribution in [3.63, 3.8) is 0 Å². The molecule has 0 unspecified atom stereocenters. The van der Waals surface area contributed by atoms with E-state index in [0.29, 0.717) is 12.2 Å². The van der Waals surface area contributed by atoms with Gasteiger partial charge in [-0.1, -0.05) is 24.3 Å². The maximum atomic E-state index is 12.3. The molecule has 2 aromatic rings. The minimum atomic E-state index is -0.967. The second-order valence-corrected chi connectivity index (χ2v) is 7.45. The molecule has 0 saturated carbocycles. The van der Waals surface area contributed by atoms with Crippen molar-refractivity contribution in [3.8, 4) is 5.75 Å². The number of methoxy groups -OCH3 is 1. The normalized spacial score (nSPS) is 14.0. The summed E-state index contributed by atoms with van der Waals surface area (Å²) >= 11 is 1.44. The summed E-state index contributed by atoms with van der Waals surface area (Å²) in [5, 5.41) is 2.73.